The first kappa shape index (κ1) is 15.4. The van der Waals surface area contributed by atoms with Crippen LogP contribution >= 0.6 is 0 Å². The Bertz CT molecular complexity index is 752. The molecule has 1 N–H and O–H groups in total. The van der Waals surface area contributed by atoms with Crippen LogP contribution in [0.5, 0.6) is 11.5 Å². The number of phenols is 1. The number of aromatic hydroxyl groups is 1. The Morgan fingerprint density at radius 2 is 2.17 bits per heavy atom. The van der Waals surface area contributed by atoms with Gasteiger partial charge in [-0.25, -0.2) is 0 Å². The second kappa shape index (κ2) is 5.95. The van der Waals surface area contributed by atoms with Gasteiger partial charge < -0.3 is 14.7 Å². The minimum atomic E-state index is -0.0239. The SMILES string of the molecule is CCn1nc(C)c(C(=O)N2CCOc3cc(O)ccc3C2)c1C. The van der Waals surface area contributed by atoms with Crippen molar-refractivity contribution < 1.29 is 14.6 Å². The van der Waals surface area contributed by atoms with Gasteiger partial charge in [0.25, 0.3) is 5.91 Å². The molecule has 0 radical (unpaired) electrons. The molecule has 0 unspecified atom stereocenters. The fraction of sp³-hybridized carbons (Fsp3) is 0.412. The van der Waals surface area contributed by atoms with Crippen molar-refractivity contribution in [3.8, 4) is 11.5 Å². The van der Waals surface area contributed by atoms with Gasteiger partial charge in [0.1, 0.15) is 18.1 Å². The molecule has 1 aromatic heterocycles. The number of nitrogens with zero attached hydrogens (tertiary/aromatic N) is 3. The number of ether oxygens (including phenoxy) is 1. The Morgan fingerprint density at radius 3 is 2.87 bits per heavy atom. The third-order valence-corrected chi connectivity index (χ3v) is 4.21. The molecule has 122 valence electrons. The number of amides is 1. The van der Waals surface area contributed by atoms with E-state index in [0.29, 0.717) is 31.0 Å². The van der Waals surface area contributed by atoms with Crippen LogP contribution < -0.4 is 4.74 Å². The van der Waals surface area contributed by atoms with E-state index in [1.165, 1.54) is 0 Å². The Balaban J connectivity index is 1.91. The van der Waals surface area contributed by atoms with Crippen molar-refractivity contribution in [2.45, 2.75) is 33.9 Å². The highest BCUT2D eigenvalue weighted by Crippen LogP contribution is 2.28. The van der Waals surface area contributed by atoms with Gasteiger partial charge in [-0.3, -0.25) is 9.48 Å². The molecule has 0 saturated heterocycles. The van der Waals surface area contributed by atoms with Crippen LogP contribution in [0.4, 0.5) is 0 Å². The summed E-state index contributed by atoms with van der Waals surface area (Å²) in [5.74, 6) is 0.779. The van der Waals surface area contributed by atoms with E-state index in [1.54, 1.807) is 23.1 Å². The smallest absolute Gasteiger partial charge is 0.258 e. The molecule has 1 aliphatic rings. The number of carbonyl (C=O) groups is 1. The number of aromatic nitrogens is 2. The van der Waals surface area contributed by atoms with E-state index in [9.17, 15) is 9.90 Å². The average Bonchev–Trinajstić information content (AvgIpc) is 2.70. The van der Waals surface area contributed by atoms with Gasteiger partial charge in [-0.05, 0) is 32.9 Å². The minimum Gasteiger partial charge on any atom is -0.508 e. The Kier molecular flexibility index (Phi) is 3.98. The lowest BCUT2D eigenvalue weighted by atomic mass is 10.1. The summed E-state index contributed by atoms with van der Waals surface area (Å²) in [5.41, 5.74) is 3.22. The van der Waals surface area contributed by atoms with Crippen LogP contribution in [0.15, 0.2) is 18.2 Å². The van der Waals surface area contributed by atoms with Crippen molar-refractivity contribution in [3.05, 3.63) is 40.7 Å². The fourth-order valence-corrected chi connectivity index (χ4v) is 3.00. The number of phenolic OH excluding ortho intramolecular Hbond substituents is 1. The first-order valence-electron chi connectivity index (χ1n) is 7.79. The van der Waals surface area contributed by atoms with Gasteiger partial charge in [-0.15, -0.1) is 0 Å². The topological polar surface area (TPSA) is 67.6 Å². The van der Waals surface area contributed by atoms with Crippen molar-refractivity contribution in [1.82, 2.24) is 14.7 Å². The minimum absolute atomic E-state index is 0.0239. The summed E-state index contributed by atoms with van der Waals surface area (Å²) in [5, 5.41) is 14.0. The molecule has 23 heavy (non-hydrogen) atoms. The Morgan fingerprint density at radius 1 is 1.39 bits per heavy atom. The molecule has 0 spiro atoms. The highest BCUT2D eigenvalue weighted by Gasteiger charge is 2.26. The predicted molar refractivity (Wildman–Crippen MR) is 85.7 cm³/mol. The molecule has 6 nitrogen and oxygen atoms in total. The van der Waals surface area contributed by atoms with E-state index >= 15 is 0 Å². The first-order valence-corrected chi connectivity index (χ1v) is 7.79. The molecule has 6 heteroatoms. The summed E-state index contributed by atoms with van der Waals surface area (Å²) in [6, 6.07) is 5.00. The maximum Gasteiger partial charge on any atom is 0.258 e. The number of hydrogen-bond acceptors (Lipinski definition) is 4. The summed E-state index contributed by atoms with van der Waals surface area (Å²) in [4.78, 5) is 14.7. The molecule has 1 amide bonds. The fourth-order valence-electron chi connectivity index (χ4n) is 3.00. The van der Waals surface area contributed by atoms with E-state index in [4.69, 9.17) is 4.74 Å². The third kappa shape index (κ3) is 2.76. The monoisotopic (exact) mass is 315 g/mol. The number of aryl methyl sites for hydroxylation is 2. The number of hydrogen-bond donors (Lipinski definition) is 1. The zero-order chi connectivity index (χ0) is 16.6. The predicted octanol–water partition coefficient (Wildman–Crippen LogP) is 2.26. The van der Waals surface area contributed by atoms with Gasteiger partial charge in [0.15, 0.2) is 0 Å². The average molecular weight is 315 g/mol. The lowest BCUT2D eigenvalue weighted by molar-refractivity contribution is 0.0731. The Hall–Kier alpha value is -2.50. The van der Waals surface area contributed by atoms with Crippen LogP contribution in [-0.4, -0.2) is 38.8 Å². The highest BCUT2D eigenvalue weighted by molar-refractivity contribution is 5.96. The summed E-state index contributed by atoms with van der Waals surface area (Å²) in [7, 11) is 0. The lowest BCUT2D eigenvalue weighted by Gasteiger charge is -2.20. The molecule has 2 aromatic rings. The van der Waals surface area contributed by atoms with Gasteiger partial charge in [-0.2, -0.15) is 5.10 Å². The molecule has 0 fully saturated rings. The third-order valence-electron chi connectivity index (χ3n) is 4.21. The van der Waals surface area contributed by atoms with Crippen molar-refractivity contribution in [2.75, 3.05) is 13.2 Å². The van der Waals surface area contributed by atoms with Crippen molar-refractivity contribution in [1.29, 1.82) is 0 Å². The van der Waals surface area contributed by atoms with Crippen LogP contribution in [0, 0.1) is 13.8 Å². The maximum absolute atomic E-state index is 13.0. The van der Waals surface area contributed by atoms with Crippen LogP contribution in [-0.2, 0) is 13.1 Å². The summed E-state index contributed by atoms with van der Waals surface area (Å²) < 4.78 is 7.51. The first-order chi connectivity index (χ1) is 11.0. The summed E-state index contributed by atoms with van der Waals surface area (Å²) >= 11 is 0. The molecule has 0 atom stereocenters. The number of fused-ring (bicyclic) bond motifs is 1. The molecule has 0 bridgehead atoms. The standard InChI is InChI=1S/C17H21N3O3/c1-4-20-12(3)16(11(2)18-20)17(22)19-7-8-23-15-9-14(21)6-5-13(15)10-19/h5-6,9,21H,4,7-8,10H2,1-3H3. The van der Waals surface area contributed by atoms with Crippen LogP contribution in [0.2, 0.25) is 0 Å². The largest absolute Gasteiger partial charge is 0.508 e. The second-order valence-corrected chi connectivity index (χ2v) is 5.73. The zero-order valence-corrected chi connectivity index (χ0v) is 13.7. The summed E-state index contributed by atoms with van der Waals surface area (Å²) in [6.45, 7) is 7.92. The second-order valence-electron chi connectivity index (χ2n) is 5.73. The molecular formula is C17H21N3O3. The van der Waals surface area contributed by atoms with Gasteiger partial charge in [-0.1, -0.05) is 0 Å². The molecule has 1 aliphatic heterocycles. The molecule has 3 rings (SSSR count). The molecular weight excluding hydrogens is 294 g/mol. The molecule has 2 heterocycles. The number of carbonyl (C=O) groups excluding carboxylic acids is 1. The van der Waals surface area contributed by atoms with Gasteiger partial charge >= 0.3 is 0 Å². The van der Waals surface area contributed by atoms with Crippen molar-refractivity contribution in [3.63, 3.8) is 0 Å². The number of benzene rings is 1. The van der Waals surface area contributed by atoms with Gasteiger partial charge in [0, 0.05) is 30.4 Å². The van der Waals surface area contributed by atoms with Crippen molar-refractivity contribution in [2.24, 2.45) is 0 Å². The molecule has 0 aliphatic carbocycles. The van der Waals surface area contributed by atoms with Gasteiger partial charge in [0.05, 0.1) is 17.8 Å². The van der Waals surface area contributed by atoms with Crippen LogP contribution in [0.3, 0.4) is 0 Å². The van der Waals surface area contributed by atoms with E-state index < -0.39 is 0 Å². The van der Waals surface area contributed by atoms with E-state index in [0.717, 1.165) is 23.5 Å². The quantitative estimate of drug-likeness (QED) is 0.923. The van der Waals surface area contributed by atoms with Gasteiger partial charge in [0.2, 0.25) is 0 Å². The normalized spacial score (nSPS) is 14.1. The van der Waals surface area contributed by atoms with Crippen LogP contribution in [0.25, 0.3) is 0 Å². The highest BCUT2D eigenvalue weighted by atomic mass is 16.5. The van der Waals surface area contributed by atoms with E-state index in [2.05, 4.69) is 5.10 Å². The molecule has 0 saturated carbocycles. The number of rotatable bonds is 2. The maximum atomic E-state index is 13.0. The van der Waals surface area contributed by atoms with E-state index in [1.807, 2.05) is 25.5 Å². The van der Waals surface area contributed by atoms with Crippen molar-refractivity contribution >= 4 is 5.91 Å². The summed E-state index contributed by atoms with van der Waals surface area (Å²) in [6.07, 6.45) is 0. The lowest BCUT2D eigenvalue weighted by Crippen LogP contribution is -2.33. The molecule has 1 aromatic carbocycles. The zero-order valence-electron chi connectivity index (χ0n) is 13.7. The Labute approximate surface area is 135 Å². The van der Waals surface area contributed by atoms with E-state index in [-0.39, 0.29) is 11.7 Å². The van der Waals surface area contributed by atoms with Crippen LogP contribution in [0.1, 0.15) is 34.2 Å².